The largest absolute Gasteiger partial charge is 0.484 e. The van der Waals surface area contributed by atoms with Crippen LogP contribution in [0.2, 0.25) is 0 Å². The molecular formula is C16H23NO3. The number of aliphatic carboxylic acids is 1. The first-order valence-electron chi connectivity index (χ1n) is 7.08. The van der Waals surface area contributed by atoms with Crippen molar-refractivity contribution < 1.29 is 14.6 Å². The van der Waals surface area contributed by atoms with Crippen molar-refractivity contribution in [3.8, 4) is 5.75 Å². The Hall–Kier alpha value is -1.71. The van der Waals surface area contributed by atoms with Crippen molar-refractivity contribution in [3.63, 3.8) is 0 Å². The topological polar surface area (TPSA) is 49.8 Å². The van der Waals surface area contributed by atoms with E-state index in [1.54, 1.807) is 0 Å². The molecule has 20 heavy (non-hydrogen) atoms. The summed E-state index contributed by atoms with van der Waals surface area (Å²) in [6, 6.07) is 6.21. The van der Waals surface area contributed by atoms with Crippen molar-refractivity contribution in [2.24, 2.45) is 0 Å². The van der Waals surface area contributed by atoms with E-state index in [0.717, 1.165) is 11.4 Å². The van der Waals surface area contributed by atoms with E-state index in [1.807, 2.05) is 19.9 Å². The van der Waals surface area contributed by atoms with Crippen LogP contribution in [0, 0.1) is 0 Å². The maximum atomic E-state index is 10.8. The number of hydrogen-bond donors (Lipinski definition) is 1. The molecule has 4 heteroatoms. The van der Waals surface area contributed by atoms with Crippen LogP contribution in [0.4, 0.5) is 5.69 Å². The normalized spacial score (nSPS) is 16.8. The summed E-state index contributed by atoms with van der Waals surface area (Å²) < 4.78 is 6.00. The molecule has 0 saturated carbocycles. The summed E-state index contributed by atoms with van der Waals surface area (Å²) >= 11 is 0. The Morgan fingerprint density at radius 1 is 1.45 bits per heavy atom. The number of carboxylic acids is 1. The monoisotopic (exact) mass is 277 g/mol. The molecule has 110 valence electrons. The van der Waals surface area contributed by atoms with E-state index >= 15 is 0 Å². The standard InChI is InChI=1S/C16H23NO3/c1-11(2)12-5-6-14-13(9-12)17(8-7-15(18)19)10-16(3,4)20-14/h5-6,9,11H,7-8,10H2,1-4H3,(H,18,19). The van der Waals surface area contributed by atoms with Gasteiger partial charge in [0, 0.05) is 6.54 Å². The second-order valence-electron chi connectivity index (χ2n) is 6.31. The maximum Gasteiger partial charge on any atom is 0.305 e. The summed E-state index contributed by atoms with van der Waals surface area (Å²) in [6.45, 7) is 9.57. The number of carbonyl (C=O) groups is 1. The fourth-order valence-corrected chi connectivity index (χ4v) is 2.53. The fraction of sp³-hybridized carbons (Fsp3) is 0.562. The lowest BCUT2D eigenvalue weighted by Gasteiger charge is -2.41. The molecule has 1 aromatic rings. The van der Waals surface area contributed by atoms with Crippen LogP contribution in [0.1, 0.15) is 45.6 Å². The van der Waals surface area contributed by atoms with Gasteiger partial charge in [0.2, 0.25) is 0 Å². The molecule has 0 amide bonds. The van der Waals surface area contributed by atoms with E-state index in [4.69, 9.17) is 9.84 Å². The Balaban J connectivity index is 2.33. The molecule has 0 bridgehead atoms. The third-order valence-corrected chi connectivity index (χ3v) is 3.54. The van der Waals surface area contributed by atoms with Gasteiger partial charge in [-0.3, -0.25) is 4.79 Å². The minimum Gasteiger partial charge on any atom is -0.484 e. The van der Waals surface area contributed by atoms with Crippen LogP contribution in [0.25, 0.3) is 0 Å². The van der Waals surface area contributed by atoms with Gasteiger partial charge >= 0.3 is 5.97 Å². The average Bonchev–Trinajstić information content (AvgIpc) is 2.34. The minimum atomic E-state index is -0.768. The van der Waals surface area contributed by atoms with Gasteiger partial charge in [-0.15, -0.1) is 0 Å². The molecule has 0 atom stereocenters. The molecule has 1 N–H and O–H groups in total. The highest BCUT2D eigenvalue weighted by molar-refractivity contribution is 5.69. The number of benzene rings is 1. The lowest BCUT2D eigenvalue weighted by Crippen LogP contribution is -2.47. The molecular weight excluding hydrogens is 254 g/mol. The van der Waals surface area contributed by atoms with Gasteiger partial charge in [0.25, 0.3) is 0 Å². The van der Waals surface area contributed by atoms with E-state index in [2.05, 4.69) is 30.9 Å². The van der Waals surface area contributed by atoms with Crippen molar-refractivity contribution >= 4 is 11.7 Å². The second-order valence-corrected chi connectivity index (χ2v) is 6.31. The Labute approximate surface area is 120 Å². The van der Waals surface area contributed by atoms with Crippen molar-refractivity contribution in [2.45, 2.75) is 45.6 Å². The highest BCUT2D eigenvalue weighted by Crippen LogP contribution is 2.38. The Morgan fingerprint density at radius 3 is 2.75 bits per heavy atom. The number of anilines is 1. The van der Waals surface area contributed by atoms with Crippen molar-refractivity contribution in [3.05, 3.63) is 23.8 Å². The molecule has 0 saturated heterocycles. The zero-order valence-corrected chi connectivity index (χ0v) is 12.6. The zero-order valence-electron chi connectivity index (χ0n) is 12.6. The predicted octanol–water partition coefficient (Wildman–Crippen LogP) is 3.26. The fourth-order valence-electron chi connectivity index (χ4n) is 2.53. The summed E-state index contributed by atoms with van der Waals surface area (Å²) in [5.41, 5.74) is 1.95. The molecule has 0 spiro atoms. The summed E-state index contributed by atoms with van der Waals surface area (Å²) in [7, 11) is 0. The molecule has 2 rings (SSSR count). The van der Waals surface area contributed by atoms with Crippen LogP contribution >= 0.6 is 0 Å². The molecule has 0 fully saturated rings. The Kier molecular flexibility index (Phi) is 3.93. The second kappa shape index (κ2) is 5.35. The molecule has 0 radical (unpaired) electrons. The van der Waals surface area contributed by atoms with Gasteiger partial charge in [-0.1, -0.05) is 19.9 Å². The van der Waals surface area contributed by atoms with Gasteiger partial charge in [-0.05, 0) is 37.5 Å². The van der Waals surface area contributed by atoms with Crippen LogP contribution in [0.5, 0.6) is 5.75 Å². The summed E-state index contributed by atoms with van der Waals surface area (Å²) in [5, 5.41) is 8.91. The molecule has 1 heterocycles. The number of hydrogen-bond acceptors (Lipinski definition) is 3. The summed E-state index contributed by atoms with van der Waals surface area (Å²) in [4.78, 5) is 13.0. The number of ether oxygens (including phenoxy) is 1. The molecule has 4 nitrogen and oxygen atoms in total. The van der Waals surface area contributed by atoms with E-state index in [9.17, 15) is 4.79 Å². The first-order valence-corrected chi connectivity index (χ1v) is 7.08. The quantitative estimate of drug-likeness (QED) is 0.917. The van der Waals surface area contributed by atoms with Crippen LogP contribution in [-0.4, -0.2) is 29.8 Å². The molecule has 0 unspecified atom stereocenters. The molecule has 1 aromatic carbocycles. The van der Waals surface area contributed by atoms with Gasteiger partial charge in [-0.25, -0.2) is 0 Å². The molecule has 1 aliphatic rings. The average molecular weight is 277 g/mol. The third-order valence-electron chi connectivity index (χ3n) is 3.54. The van der Waals surface area contributed by atoms with Gasteiger partial charge in [0.05, 0.1) is 18.7 Å². The SMILES string of the molecule is CC(C)c1ccc2c(c1)N(CCC(=O)O)CC(C)(C)O2. The van der Waals surface area contributed by atoms with Crippen LogP contribution in [0.15, 0.2) is 18.2 Å². The highest BCUT2D eigenvalue weighted by Gasteiger charge is 2.31. The zero-order chi connectivity index (χ0) is 14.9. The van der Waals surface area contributed by atoms with Crippen LogP contribution in [-0.2, 0) is 4.79 Å². The lowest BCUT2D eigenvalue weighted by molar-refractivity contribution is -0.136. The number of carboxylic acid groups (broad SMARTS) is 1. The van der Waals surface area contributed by atoms with E-state index in [0.29, 0.717) is 19.0 Å². The van der Waals surface area contributed by atoms with E-state index in [-0.39, 0.29) is 12.0 Å². The Morgan fingerprint density at radius 2 is 2.15 bits per heavy atom. The van der Waals surface area contributed by atoms with E-state index < -0.39 is 5.97 Å². The Bertz CT molecular complexity index is 508. The minimum absolute atomic E-state index is 0.140. The van der Waals surface area contributed by atoms with Crippen LogP contribution in [0.3, 0.4) is 0 Å². The number of fused-ring (bicyclic) bond motifs is 1. The highest BCUT2D eigenvalue weighted by atomic mass is 16.5. The molecule has 1 aliphatic heterocycles. The first-order chi connectivity index (χ1) is 9.28. The summed E-state index contributed by atoms with van der Waals surface area (Å²) in [5.74, 6) is 0.517. The molecule has 0 aromatic heterocycles. The maximum absolute atomic E-state index is 10.8. The number of rotatable bonds is 4. The summed E-state index contributed by atoms with van der Waals surface area (Å²) in [6.07, 6.45) is 0.140. The van der Waals surface area contributed by atoms with Gasteiger partial charge in [0.1, 0.15) is 11.4 Å². The van der Waals surface area contributed by atoms with Gasteiger partial charge in [-0.2, -0.15) is 0 Å². The first kappa shape index (κ1) is 14.7. The lowest BCUT2D eigenvalue weighted by atomic mass is 9.99. The van der Waals surface area contributed by atoms with Gasteiger partial charge < -0.3 is 14.7 Å². The van der Waals surface area contributed by atoms with Crippen LogP contribution < -0.4 is 9.64 Å². The molecule has 0 aliphatic carbocycles. The smallest absolute Gasteiger partial charge is 0.305 e. The van der Waals surface area contributed by atoms with Gasteiger partial charge in [0.15, 0.2) is 0 Å². The van der Waals surface area contributed by atoms with Crippen molar-refractivity contribution in [1.82, 2.24) is 0 Å². The third kappa shape index (κ3) is 3.24. The predicted molar refractivity (Wildman–Crippen MR) is 79.7 cm³/mol. The van der Waals surface area contributed by atoms with E-state index in [1.165, 1.54) is 5.56 Å². The van der Waals surface area contributed by atoms with Crippen molar-refractivity contribution in [1.29, 1.82) is 0 Å². The number of nitrogens with zero attached hydrogens (tertiary/aromatic N) is 1. The van der Waals surface area contributed by atoms with Crippen molar-refractivity contribution in [2.75, 3.05) is 18.0 Å².